The second-order valence-electron chi connectivity index (χ2n) is 12.2. The predicted octanol–water partition coefficient (Wildman–Crippen LogP) is 7.21. The van der Waals surface area contributed by atoms with Crippen LogP contribution in [0.1, 0.15) is 90.5 Å². The van der Waals surface area contributed by atoms with Crippen molar-refractivity contribution in [3.05, 3.63) is 34.9 Å². The van der Waals surface area contributed by atoms with Crippen molar-refractivity contribution in [1.29, 1.82) is 0 Å². The van der Waals surface area contributed by atoms with Gasteiger partial charge >= 0.3 is 0 Å². The van der Waals surface area contributed by atoms with Gasteiger partial charge in [0, 0.05) is 19.4 Å². The molecule has 5 rings (SSSR count). The molecule has 0 heterocycles. The Balaban J connectivity index is 1.20. The molecular weight excluding hydrogens is 446 g/mol. The fourth-order valence-electron chi connectivity index (χ4n) is 8.58. The van der Waals surface area contributed by atoms with Crippen molar-refractivity contribution in [2.24, 2.45) is 29.1 Å². The van der Waals surface area contributed by atoms with Gasteiger partial charge < -0.3 is 9.47 Å². The highest BCUT2D eigenvalue weighted by Crippen LogP contribution is 2.63. The van der Waals surface area contributed by atoms with Crippen LogP contribution in [0.4, 0.5) is 0 Å². The van der Waals surface area contributed by atoms with Gasteiger partial charge in [-0.05, 0) is 111 Å². The van der Waals surface area contributed by atoms with Crippen molar-refractivity contribution in [3.8, 4) is 11.5 Å². The Hall–Kier alpha value is -1.81. The van der Waals surface area contributed by atoms with E-state index in [1.807, 2.05) is 0 Å². The molecule has 0 spiro atoms. The molecule has 5 atom stereocenters. The van der Waals surface area contributed by atoms with E-state index in [0.717, 1.165) is 87.1 Å². The Bertz CT molecular complexity index is 980. The van der Waals surface area contributed by atoms with Crippen LogP contribution in [0, 0.1) is 29.1 Å². The van der Waals surface area contributed by atoms with Gasteiger partial charge in [0.2, 0.25) is 0 Å². The van der Waals surface area contributed by atoms with E-state index in [2.05, 4.69) is 43.9 Å². The molecule has 4 heteroatoms. The average Bonchev–Trinajstić information content (AvgIpc) is 3.23. The number of fused-ring (bicyclic) bond motifs is 4. The van der Waals surface area contributed by atoms with Crippen molar-refractivity contribution in [2.45, 2.75) is 91.5 Å². The maximum Gasteiger partial charge on any atom is 0.161 e. The molecule has 0 N–H and O–H groups in total. The van der Waals surface area contributed by atoms with Crippen LogP contribution >= 0.6 is 0 Å². The van der Waals surface area contributed by atoms with Gasteiger partial charge in [-0.25, -0.2) is 0 Å². The first-order valence-corrected chi connectivity index (χ1v) is 14.7. The number of allylic oxidation sites excluding steroid dienone is 2. The summed E-state index contributed by atoms with van der Waals surface area (Å²) in [6, 6.07) is 6.44. The quantitative estimate of drug-likeness (QED) is 0.341. The summed E-state index contributed by atoms with van der Waals surface area (Å²) in [4.78, 5) is 14.4. The van der Waals surface area contributed by atoms with E-state index in [4.69, 9.17) is 9.47 Å². The van der Waals surface area contributed by atoms with Gasteiger partial charge in [-0.2, -0.15) is 0 Å². The Labute approximate surface area is 218 Å². The lowest BCUT2D eigenvalue weighted by molar-refractivity contribution is -0.119. The molecule has 1 aromatic rings. The summed E-state index contributed by atoms with van der Waals surface area (Å²) in [5.74, 6) is 5.43. The van der Waals surface area contributed by atoms with E-state index < -0.39 is 0 Å². The van der Waals surface area contributed by atoms with Gasteiger partial charge in [-0.3, -0.25) is 9.69 Å². The monoisotopic (exact) mass is 493 g/mol. The minimum absolute atomic E-state index is 0.449. The lowest BCUT2D eigenvalue weighted by atomic mass is 9.53. The normalized spacial score (nSPS) is 31.8. The summed E-state index contributed by atoms with van der Waals surface area (Å²) < 4.78 is 12.0. The highest BCUT2D eigenvalue weighted by molar-refractivity contribution is 5.82. The Morgan fingerprint density at radius 1 is 1.03 bits per heavy atom. The fraction of sp³-hybridized carbons (Fsp3) is 0.719. The molecule has 2 fully saturated rings. The number of ketones is 1. The molecule has 0 aliphatic heterocycles. The Kier molecular flexibility index (Phi) is 7.81. The number of methoxy groups -OCH3 is 1. The molecule has 36 heavy (non-hydrogen) atoms. The smallest absolute Gasteiger partial charge is 0.161 e. The van der Waals surface area contributed by atoms with Crippen LogP contribution in [0.5, 0.6) is 11.5 Å². The lowest BCUT2D eigenvalue weighted by Gasteiger charge is -2.52. The molecule has 2 saturated carbocycles. The van der Waals surface area contributed by atoms with Crippen molar-refractivity contribution in [2.75, 3.05) is 26.8 Å². The third-order valence-corrected chi connectivity index (χ3v) is 10.7. The molecular formula is C32H47NO3. The van der Waals surface area contributed by atoms with E-state index in [9.17, 15) is 4.79 Å². The zero-order valence-corrected chi connectivity index (χ0v) is 23.1. The summed E-state index contributed by atoms with van der Waals surface area (Å²) >= 11 is 0. The lowest BCUT2D eigenvalue weighted by Crippen LogP contribution is -2.44. The molecule has 1 aromatic carbocycles. The van der Waals surface area contributed by atoms with Crippen LogP contribution in [0.3, 0.4) is 0 Å². The molecule has 4 nitrogen and oxygen atoms in total. The average molecular weight is 494 g/mol. The van der Waals surface area contributed by atoms with Gasteiger partial charge in [0.1, 0.15) is 5.78 Å². The van der Waals surface area contributed by atoms with E-state index >= 15 is 0 Å². The predicted molar refractivity (Wildman–Crippen MR) is 145 cm³/mol. The highest BCUT2D eigenvalue weighted by Gasteiger charge is 2.54. The van der Waals surface area contributed by atoms with Crippen molar-refractivity contribution in [1.82, 2.24) is 4.90 Å². The zero-order chi connectivity index (χ0) is 25.3. The number of benzene rings is 1. The molecule has 0 saturated heterocycles. The number of carbonyl (C=O) groups excluding carboxylic acids is 1. The standard InChI is InChI=1S/C32H47NO3/c1-5-33(6-2)21-22-7-14-30(31(19-22)35-4)36-18-16-24-9-13-29-28-11-8-23-20-25(34)10-12-26(23)27(28)15-17-32(24,29)3/h7,14,19,24,27-29H,5-6,8-13,15-18,20-21H2,1-4H3/t24-,27?,28?,29?,32?/m1/s1. The molecule has 4 unspecified atom stereocenters. The first-order valence-electron chi connectivity index (χ1n) is 14.7. The number of carbonyl (C=O) groups is 1. The Morgan fingerprint density at radius 2 is 1.86 bits per heavy atom. The SMILES string of the molecule is CCN(CC)Cc1ccc(OCC[C@H]2CCC3C4CCC5=C(CCC(=O)C5)C4CCC32C)c(OC)c1. The first kappa shape index (κ1) is 25.8. The summed E-state index contributed by atoms with van der Waals surface area (Å²) in [6.07, 6.45) is 11.7. The zero-order valence-electron chi connectivity index (χ0n) is 23.1. The van der Waals surface area contributed by atoms with Crippen molar-refractivity contribution in [3.63, 3.8) is 0 Å². The highest BCUT2D eigenvalue weighted by atomic mass is 16.5. The maximum absolute atomic E-state index is 12.0. The third-order valence-electron chi connectivity index (χ3n) is 10.7. The summed E-state index contributed by atoms with van der Waals surface area (Å²) in [5, 5.41) is 0. The van der Waals surface area contributed by atoms with Crippen LogP contribution in [0.2, 0.25) is 0 Å². The van der Waals surface area contributed by atoms with Gasteiger partial charge in [-0.1, -0.05) is 38.0 Å². The number of Topliss-reactive ketones (excluding diaryl/α,β-unsaturated/α-hetero) is 1. The minimum atomic E-state index is 0.449. The van der Waals surface area contributed by atoms with Crippen LogP contribution in [-0.2, 0) is 11.3 Å². The summed E-state index contributed by atoms with van der Waals surface area (Å²) in [6.45, 7) is 10.8. The van der Waals surface area contributed by atoms with Gasteiger partial charge in [0.25, 0.3) is 0 Å². The number of ether oxygens (including phenoxy) is 2. The number of hydrogen-bond acceptors (Lipinski definition) is 4. The first-order chi connectivity index (χ1) is 17.5. The van der Waals surface area contributed by atoms with E-state index in [1.165, 1.54) is 49.7 Å². The van der Waals surface area contributed by atoms with E-state index in [0.29, 0.717) is 11.2 Å². The second-order valence-corrected chi connectivity index (χ2v) is 12.2. The summed E-state index contributed by atoms with van der Waals surface area (Å²) in [7, 11) is 1.75. The number of nitrogens with zero attached hydrogens (tertiary/aromatic N) is 1. The topological polar surface area (TPSA) is 38.8 Å². The number of hydrogen-bond donors (Lipinski definition) is 0. The van der Waals surface area contributed by atoms with Crippen LogP contribution in [-0.4, -0.2) is 37.5 Å². The van der Waals surface area contributed by atoms with Gasteiger partial charge in [-0.15, -0.1) is 0 Å². The minimum Gasteiger partial charge on any atom is -0.493 e. The van der Waals surface area contributed by atoms with Crippen LogP contribution in [0.25, 0.3) is 0 Å². The third kappa shape index (κ3) is 4.87. The van der Waals surface area contributed by atoms with Crippen molar-refractivity contribution < 1.29 is 14.3 Å². The van der Waals surface area contributed by atoms with E-state index in [-0.39, 0.29) is 0 Å². The largest absolute Gasteiger partial charge is 0.493 e. The molecule has 4 aliphatic carbocycles. The van der Waals surface area contributed by atoms with Crippen molar-refractivity contribution >= 4 is 5.78 Å². The molecule has 0 bridgehead atoms. The molecule has 0 aromatic heterocycles. The Morgan fingerprint density at radius 3 is 2.64 bits per heavy atom. The second kappa shape index (κ2) is 10.9. The van der Waals surface area contributed by atoms with Gasteiger partial charge in [0.05, 0.1) is 13.7 Å². The summed E-state index contributed by atoms with van der Waals surface area (Å²) in [5.41, 5.74) is 4.98. The molecule has 0 radical (unpaired) electrons. The van der Waals surface area contributed by atoms with Crippen LogP contribution < -0.4 is 9.47 Å². The molecule has 0 amide bonds. The van der Waals surface area contributed by atoms with Crippen LogP contribution in [0.15, 0.2) is 29.3 Å². The fourth-order valence-corrected chi connectivity index (χ4v) is 8.58. The number of rotatable bonds is 9. The molecule has 4 aliphatic rings. The maximum atomic E-state index is 12.0. The molecule has 198 valence electrons. The van der Waals surface area contributed by atoms with E-state index in [1.54, 1.807) is 12.7 Å². The van der Waals surface area contributed by atoms with Gasteiger partial charge in [0.15, 0.2) is 11.5 Å².